The van der Waals surface area contributed by atoms with E-state index >= 15 is 0 Å². The minimum Gasteiger partial charge on any atom is -0.494 e. The van der Waals surface area contributed by atoms with Crippen LogP contribution in [0.2, 0.25) is 0 Å². The van der Waals surface area contributed by atoms with E-state index in [1.54, 1.807) is 18.3 Å². The Morgan fingerprint density at radius 2 is 1.96 bits per heavy atom. The second-order valence-electron chi connectivity index (χ2n) is 5.31. The van der Waals surface area contributed by atoms with Crippen molar-refractivity contribution in [3.8, 4) is 11.6 Å². The van der Waals surface area contributed by atoms with Crippen molar-refractivity contribution in [3.05, 3.63) is 48.2 Å². The molecule has 0 fully saturated rings. The number of urea groups is 1. The Bertz CT molecular complexity index is 644. The van der Waals surface area contributed by atoms with E-state index in [0.29, 0.717) is 24.7 Å². The Morgan fingerprint density at radius 3 is 2.71 bits per heavy atom. The number of aryl methyl sites for hydroxylation is 1. The number of nitrogens with one attached hydrogen (secondary N) is 2. The topological polar surface area (TPSA) is 72.5 Å². The lowest BCUT2D eigenvalue weighted by Gasteiger charge is -2.10. The first-order chi connectivity index (χ1) is 11.7. The maximum Gasteiger partial charge on any atom is 0.319 e. The van der Waals surface area contributed by atoms with Crippen LogP contribution in [0.1, 0.15) is 18.4 Å². The van der Waals surface area contributed by atoms with Gasteiger partial charge in [-0.05, 0) is 44.0 Å². The highest BCUT2D eigenvalue weighted by atomic mass is 16.5. The number of aromatic nitrogens is 1. The van der Waals surface area contributed by atoms with Gasteiger partial charge in [0.25, 0.3) is 0 Å². The number of carbonyl (C=O) groups is 1. The van der Waals surface area contributed by atoms with Crippen LogP contribution < -0.4 is 20.1 Å². The first kappa shape index (κ1) is 17.6. The fourth-order valence-corrected chi connectivity index (χ4v) is 2.07. The van der Waals surface area contributed by atoms with Crippen molar-refractivity contribution in [3.63, 3.8) is 0 Å². The summed E-state index contributed by atoms with van der Waals surface area (Å²) >= 11 is 0. The molecule has 0 unspecified atom stereocenters. The van der Waals surface area contributed by atoms with Gasteiger partial charge < -0.3 is 20.1 Å². The van der Waals surface area contributed by atoms with Crippen molar-refractivity contribution in [2.75, 3.05) is 25.6 Å². The molecule has 128 valence electrons. The van der Waals surface area contributed by atoms with Gasteiger partial charge in [0.1, 0.15) is 11.4 Å². The van der Waals surface area contributed by atoms with Crippen LogP contribution in [0.25, 0.3) is 0 Å². The maximum absolute atomic E-state index is 11.8. The summed E-state index contributed by atoms with van der Waals surface area (Å²) in [5.41, 5.74) is 1.75. The average molecular weight is 329 g/mol. The molecule has 1 aromatic carbocycles. The van der Waals surface area contributed by atoms with Crippen molar-refractivity contribution < 1.29 is 14.3 Å². The number of benzene rings is 1. The lowest BCUT2D eigenvalue weighted by Crippen LogP contribution is -2.29. The van der Waals surface area contributed by atoms with Crippen molar-refractivity contribution in [2.45, 2.75) is 19.8 Å². The molecule has 0 aliphatic carbocycles. The van der Waals surface area contributed by atoms with Crippen LogP contribution in [0.3, 0.4) is 0 Å². The third kappa shape index (κ3) is 5.79. The van der Waals surface area contributed by atoms with Gasteiger partial charge >= 0.3 is 6.03 Å². The number of unbranched alkanes of at least 4 members (excludes halogenated alkanes) is 1. The highest BCUT2D eigenvalue weighted by Crippen LogP contribution is 2.19. The Kier molecular flexibility index (Phi) is 6.89. The minimum absolute atomic E-state index is 0.277. The largest absolute Gasteiger partial charge is 0.494 e. The molecule has 2 rings (SSSR count). The molecule has 1 aromatic heterocycles. The minimum atomic E-state index is -0.277. The van der Waals surface area contributed by atoms with Gasteiger partial charge in [-0.25, -0.2) is 9.78 Å². The predicted molar refractivity (Wildman–Crippen MR) is 93.7 cm³/mol. The molecule has 24 heavy (non-hydrogen) atoms. The zero-order valence-corrected chi connectivity index (χ0v) is 14.0. The molecular weight excluding hydrogens is 306 g/mol. The number of rotatable bonds is 8. The summed E-state index contributed by atoms with van der Waals surface area (Å²) in [5.74, 6) is 1.26. The van der Waals surface area contributed by atoms with E-state index in [-0.39, 0.29) is 6.03 Å². The van der Waals surface area contributed by atoms with Gasteiger partial charge in [-0.1, -0.05) is 17.7 Å². The lowest BCUT2D eigenvalue weighted by atomic mass is 10.2. The Hall–Kier alpha value is -2.76. The van der Waals surface area contributed by atoms with Crippen molar-refractivity contribution in [1.82, 2.24) is 10.3 Å². The number of nitrogens with zero attached hydrogens (tertiary/aromatic N) is 1. The highest BCUT2D eigenvalue weighted by Gasteiger charge is 2.06. The number of amides is 2. The summed E-state index contributed by atoms with van der Waals surface area (Å²) in [6, 6.07) is 11.2. The second kappa shape index (κ2) is 9.39. The number of hydrogen-bond donors (Lipinski definition) is 2. The summed E-state index contributed by atoms with van der Waals surface area (Å²) in [4.78, 5) is 15.9. The van der Waals surface area contributed by atoms with Crippen LogP contribution in [0.15, 0.2) is 42.6 Å². The number of anilines is 1. The van der Waals surface area contributed by atoms with Gasteiger partial charge in [-0.15, -0.1) is 0 Å². The van der Waals surface area contributed by atoms with Gasteiger partial charge in [0.15, 0.2) is 0 Å². The van der Waals surface area contributed by atoms with E-state index in [0.717, 1.165) is 18.6 Å². The number of pyridine rings is 1. The molecule has 0 bridgehead atoms. The van der Waals surface area contributed by atoms with Gasteiger partial charge in [0, 0.05) is 12.7 Å². The zero-order chi connectivity index (χ0) is 17.2. The Morgan fingerprint density at radius 1 is 1.17 bits per heavy atom. The smallest absolute Gasteiger partial charge is 0.319 e. The van der Waals surface area contributed by atoms with Gasteiger partial charge in [-0.3, -0.25) is 0 Å². The molecule has 2 aromatic rings. The van der Waals surface area contributed by atoms with Crippen LogP contribution >= 0.6 is 0 Å². The first-order valence-electron chi connectivity index (χ1n) is 7.92. The van der Waals surface area contributed by atoms with Crippen LogP contribution in [0.5, 0.6) is 11.6 Å². The van der Waals surface area contributed by atoms with Crippen molar-refractivity contribution >= 4 is 11.7 Å². The number of carbonyl (C=O) groups excluding carboxylic acids is 1. The second-order valence-corrected chi connectivity index (χ2v) is 5.31. The van der Waals surface area contributed by atoms with E-state index in [1.165, 1.54) is 12.7 Å². The SMILES string of the molecule is COc1ncccc1NC(=O)NCCCCOc1ccc(C)cc1. The van der Waals surface area contributed by atoms with Crippen LogP contribution in [0, 0.1) is 6.92 Å². The van der Waals surface area contributed by atoms with E-state index in [4.69, 9.17) is 9.47 Å². The van der Waals surface area contributed by atoms with E-state index in [1.807, 2.05) is 31.2 Å². The van der Waals surface area contributed by atoms with Crippen LogP contribution in [-0.2, 0) is 0 Å². The zero-order valence-electron chi connectivity index (χ0n) is 14.0. The van der Waals surface area contributed by atoms with E-state index < -0.39 is 0 Å². The molecule has 2 amide bonds. The molecule has 6 heteroatoms. The molecule has 0 radical (unpaired) electrons. The first-order valence-corrected chi connectivity index (χ1v) is 7.92. The molecule has 0 saturated carbocycles. The van der Waals surface area contributed by atoms with Gasteiger partial charge in [-0.2, -0.15) is 0 Å². The quantitative estimate of drug-likeness (QED) is 0.728. The molecule has 0 aliphatic rings. The summed E-state index contributed by atoms with van der Waals surface area (Å²) in [6.45, 7) is 3.25. The predicted octanol–water partition coefficient (Wildman–Crippen LogP) is 3.38. The fourth-order valence-electron chi connectivity index (χ4n) is 2.07. The number of hydrogen-bond acceptors (Lipinski definition) is 4. The van der Waals surface area contributed by atoms with Gasteiger partial charge in [0.2, 0.25) is 5.88 Å². The van der Waals surface area contributed by atoms with Crippen LogP contribution in [-0.4, -0.2) is 31.3 Å². The molecule has 1 heterocycles. The molecule has 0 saturated heterocycles. The Balaban J connectivity index is 1.60. The molecule has 0 atom stereocenters. The number of methoxy groups -OCH3 is 1. The average Bonchev–Trinajstić information content (AvgIpc) is 2.60. The third-order valence-corrected chi connectivity index (χ3v) is 3.36. The summed E-state index contributed by atoms with van der Waals surface area (Å²) in [5, 5.41) is 5.51. The van der Waals surface area contributed by atoms with Crippen molar-refractivity contribution in [2.24, 2.45) is 0 Å². The lowest BCUT2D eigenvalue weighted by molar-refractivity contribution is 0.251. The molecular formula is C18H23N3O3. The molecule has 6 nitrogen and oxygen atoms in total. The normalized spacial score (nSPS) is 10.1. The number of ether oxygens (including phenoxy) is 2. The summed E-state index contributed by atoms with van der Waals surface area (Å²) in [7, 11) is 1.51. The van der Waals surface area contributed by atoms with Crippen LogP contribution in [0.4, 0.5) is 10.5 Å². The molecule has 0 spiro atoms. The fraction of sp³-hybridized carbons (Fsp3) is 0.333. The standard InChI is InChI=1S/C18H23N3O3/c1-14-7-9-15(10-8-14)24-13-4-3-11-20-18(22)21-16-6-5-12-19-17(16)23-2/h5-10,12H,3-4,11,13H2,1-2H3,(H2,20,21,22). The molecule has 0 aliphatic heterocycles. The molecule has 2 N–H and O–H groups in total. The van der Waals surface area contributed by atoms with Crippen molar-refractivity contribution in [1.29, 1.82) is 0 Å². The summed E-state index contributed by atoms with van der Waals surface area (Å²) in [6.07, 6.45) is 3.31. The third-order valence-electron chi connectivity index (χ3n) is 3.36. The van der Waals surface area contributed by atoms with Gasteiger partial charge in [0.05, 0.1) is 13.7 Å². The summed E-state index contributed by atoms with van der Waals surface area (Å²) < 4.78 is 10.7. The highest BCUT2D eigenvalue weighted by molar-refractivity contribution is 5.90. The van der Waals surface area contributed by atoms with E-state index in [2.05, 4.69) is 15.6 Å². The van der Waals surface area contributed by atoms with E-state index in [9.17, 15) is 4.79 Å². The Labute approximate surface area is 142 Å². The maximum atomic E-state index is 11.8. The monoisotopic (exact) mass is 329 g/mol.